The summed E-state index contributed by atoms with van der Waals surface area (Å²) in [5.41, 5.74) is 1.74. The van der Waals surface area contributed by atoms with Crippen LogP contribution >= 0.6 is 11.3 Å². The quantitative estimate of drug-likeness (QED) is 0.939. The van der Waals surface area contributed by atoms with Crippen molar-refractivity contribution in [3.63, 3.8) is 0 Å². The normalized spacial score (nSPS) is 17.1. The summed E-state index contributed by atoms with van der Waals surface area (Å²) in [6.45, 7) is 0.722. The van der Waals surface area contributed by atoms with Crippen molar-refractivity contribution in [3.05, 3.63) is 52.0 Å². The molecule has 1 aromatic carbocycles. The highest BCUT2D eigenvalue weighted by atomic mass is 32.1. The largest absolute Gasteiger partial charge is 0.481 e. The predicted octanol–water partition coefficient (Wildman–Crippen LogP) is 2.29. The fourth-order valence-corrected chi connectivity index (χ4v) is 3.38. The topological polar surface area (TPSA) is 70.5 Å². The number of aliphatic carboxylic acids is 1. The second-order valence-corrected chi connectivity index (χ2v) is 6.27. The summed E-state index contributed by atoms with van der Waals surface area (Å²) in [7, 11) is 0. The molecule has 0 saturated carbocycles. The zero-order valence-electron chi connectivity index (χ0n) is 11.9. The molecule has 1 N–H and O–H groups in total. The molecule has 0 bridgehead atoms. The van der Waals surface area contributed by atoms with Crippen molar-refractivity contribution in [1.29, 1.82) is 0 Å². The minimum absolute atomic E-state index is 0.0176. The Bertz CT molecular complexity index is 684. The molecule has 0 saturated heterocycles. The smallest absolute Gasteiger partial charge is 0.312 e. The molecule has 1 unspecified atom stereocenters. The van der Waals surface area contributed by atoms with Crippen LogP contribution in [-0.2, 0) is 22.6 Å². The van der Waals surface area contributed by atoms with E-state index in [1.165, 1.54) is 11.3 Å². The molecule has 1 aromatic heterocycles. The highest BCUT2D eigenvalue weighted by molar-refractivity contribution is 7.09. The van der Waals surface area contributed by atoms with Crippen LogP contribution in [0.15, 0.2) is 35.8 Å². The van der Waals surface area contributed by atoms with Crippen molar-refractivity contribution in [2.45, 2.75) is 25.3 Å². The summed E-state index contributed by atoms with van der Waals surface area (Å²) >= 11 is 1.53. The SMILES string of the molecule is O=C(O)C1CN(C(=O)CCc2nccs2)Cc2ccccc21. The second kappa shape index (κ2) is 6.27. The van der Waals surface area contributed by atoms with E-state index < -0.39 is 11.9 Å². The molecule has 0 spiro atoms. The van der Waals surface area contributed by atoms with Crippen molar-refractivity contribution in [2.24, 2.45) is 0 Å². The number of benzene rings is 1. The molecular weight excluding hydrogens is 300 g/mol. The number of hydrogen-bond acceptors (Lipinski definition) is 4. The van der Waals surface area contributed by atoms with E-state index in [0.29, 0.717) is 19.4 Å². The minimum atomic E-state index is -0.884. The number of nitrogens with zero attached hydrogens (tertiary/aromatic N) is 2. The fraction of sp³-hybridized carbons (Fsp3) is 0.312. The van der Waals surface area contributed by atoms with Gasteiger partial charge in [-0.15, -0.1) is 11.3 Å². The first kappa shape index (κ1) is 14.7. The lowest BCUT2D eigenvalue weighted by Crippen LogP contribution is -2.40. The fourth-order valence-electron chi connectivity index (χ4n) is 2.76. The summed E-state index contributed by atoms with van der Waals surface area (Å²) in [5, 5.41) is 12.2. The number of carboxylic acids is 1. The van der Waals surface area contributed by atoms with Gasteiger partial charge in [-0.25, -0.2) is 4.98 Å². The number of carbonyl (C=O) groups is 2. The van der Waals surface area contributed by atoms with Crippen molar-refractivity contribution in [3.8, 4) is 0 Å². The van der Waals surface area contributed by atoms with Gasteiger partial charge in [0, 0.05) is 37.5 Å². The van der Waals surface area contributed by atoms with Gasteiger partial charge in [-0.1, -0.05) is 24.3 Å². The van der Waals surface area contributed by atoms with E-state index in [1.54, 1.807) is 11.1 Å². The maximum Gasteiger partial charge on any atom is 0.312 e. The molecule has 22 heavy (non-hydrogen) atoms. The van der Waals surface area contributed by atoms with Gasteiger partial charge in [0.25, 0.3) is 0 Å². The molecule has 1 amide bonds. The average Bonchev–Trinajstić information content (AvgIpc) is 3.04. The molecule has 0 aliphatic carbocycles. The molecule has 5 nitrogen and oxygen atoms in total. The van der Waals surface area contributed by atoms with Crippen LogP contribution in [0, 0.1) is 0 Å². The third-order valence-corrected chi connectivity index (χ3v) is 4.72. The first-order valence-corrected chi connectivity index (χ1v) is 8.00. The van der Waals surface area contributed by atoms with Gasteiger partial charge < -0.3 is 10.0 Å². The van der Waals surface area contributed by atoms with Gasteiger partial charge in [-0.2, -0.15) is 0 Å². The number of aromatic nitrogens is 1. The Hall–Kier alpha value is -2.21. The maximum absolute atomic E-state index is 12.4. The predicted molar refractivity (Wildman–Crippen MR) is 82.7 cm³/mol. The van der Waals surface area contributed by atoms with Crippen LogP contribution in [-0.4, -0.2) is 33.4 Å². The van der Waals surface area contributed by atoms with Crippen LogP contribution in [0.1, 0.15) is 28.5 Å². The van der Waals surface area contributed by atoms with Gasteiger partial charge in [-0.3, -0.25) is 9.59 Å². The number of rotatable bonds is 4. The molecule has 2 heterocycles. The third kappa shape index (κ3) is 3.01. The van der Waals surface area contributed by atoms with Gasteiger partial charge in [-0.05, 0) is 11.1 Å². The lowest BCUT2D eigenvalue weighted by molar-refractivity contribution is -0.141. The number of carbonyl (C=O) groups excluding carboxylic acids is 1. The first-order valence-electron chi connectivity index (χ1n) is 7.12. The zero-order valence-corrected chi connectivity index (χ0v) is 12.8. The number of hydrogen-bond donors (Lipinski definition) is 1. The Kier molecular flexibility index (Phi) is 4.20. The molecule has 114 valence electrons. The Morgan fingerprint density at radius 1 is 1.36 bits per heavy atom. The molecule has 2 aromatic rings. The summed E-state index contributed by atoms with van der Waals surface area (Å²) in [6.07, 6.45) is 2.69. The van der Waals surface area contributed by atoms with Gasteiger partial charge in [0.15, 0.2) is 0 Å². The first-order chi connectivity index (χ1) is 10.6. The van der Waals surface area contributed by atoms with Crippen molar-refractivity contribution in [1.82, 2.24) is 9.88 Å². The Morgan fingerprint density at radius 3 is 2.91 bits per heavy atom. The molecular formula is C16H16N2O3S. The lowest BCUT2D eigenvalue weighted by atomic mass is 9.89. The standard InChI is InChI=1S/C16H16N2O3S/c19-15(6-5-14-17-7-8-22-14)18-9-11-3-1-2-4-12(11)13(10-18)16(20)21/h1-4,7-8,13H,5-6,9-10H2,(H,20,21). The van der Waals surface area contributed by atoms with Gasteiger partial charge >= 0.3 is 5.97 Å². The van der Waals surface area contributed by atoms with E-state index >= 15 is 0 Å². The highest BCUT2D eigenvalue weighted by Gasteiger charge is 2.32. The zero-order chi connectivity index (χ0) is 15.5. The molecule has 0 fully saturated rings. The van der Waals surface area contributed by atoms with Crippen molar-refractivity contribution in [2.75, 3.05) is 6.54 Å². The van der Waals surface area contributed by atoms with Crippen LogP contribution in [0.4, 0.5) is 0 Å². The Balaban J connectivity index is 1.73. The van der Waals surface area contributed by atoms with Crippen LogP contribution < -0.4 is 0 Å². The maximum atomic E-state index is 12.4. The average molecular weight is 316 g/mol. The molecule has 1 atom stereocenters. The molecule has 3 rings (SSSR count). The number of fused-ring (bicyclic) bond motifs is 1. The monoisotopic (exact) mass is 316 g/mol. The summed E-state index contributed by atoms with van der Waals surface area (Å²) in [4.78, 5) is 29.7. The number of thiazole rings is 1. The van der Waals surface area contributed by atoms with E-state index in [1.807, 2.05) is 29.6 Å². The van der Waals surface area contributed by atoms with Gasteiger partial charge in [0.05, 0.1) is 10.9 Å². The Labute approximate surface area is 132 Å². The lowest BCUT2D eigenvalue weighted by Gasteiger charge is -2.32. The van der Waals surface area contributed by atoms with E-state index in [-0.39, 0.29) is 12.5 Å². The van der Waals surface area contributed by atoms with E-state index in [9.17, 15) is 14.7 Å². The van der Waals surface area contributed by atoms with Crippen LogP contribution in [0.2, 0.25) is 0 Å². The van der Waals surface area contributed by atoms with Crippen molar-refractivity contribution < 1.29 is 14.7 Å². The number of amides is 1. The van der Waals surface area contributed by atoms with Crippen LogP contribution in [0.3, 0.4) is 0 Å². The van der Waals surface area contributed by atoms with Crippen molar-refractivity contribution >= 4 is 23.2 Å². The molecule has 0 radical (unpaired) electrons. The number of aryl methyl sites for hydroxylation is 1. The van der Waals surface area contributed by atoms with E-state index in [2.05, 4.69) is 4.98 Å². The third-order valence-electron chi connectivity index (χ3n) is 3.88. The van der Waals surface area contributed by atoms with Crippen LogP contribution in [0.25, 0.3) is 0 Å². The van der Waals surface area contributed by atoms with Gasteiger partial charge in [0.1, 0.15) is 0 Å². The summed E-state index contributed by atoms with van der Waals surface area (Å²) < 4.78 is 0. The van der Waals surface area contributed by atoms with E-state index in [0.717, 1.165) is 16.1 Å². The minimum Gasteiger partial charge on any atom is -0.481 e. The van der Waals surface area contributed by atoms with E-state index in [4.69, 9.17) is 0 Å². The molecule has 6 heteroatoms. The Morgan fingerprint density at radius 2 is 2.18 bits per heavy atom. The molecule has 1 aliphatic heterocycles. The summed E-state index contributed by atoms with van der Waals surface area (Å²) in [6, 6.07) is 7.45. The number of carboxylic acid groups (broad SMARTS) is 1. The highest BCUT2D eigenvalue weighted by Crippen LogP contribution is 2.29. The summed E-state index contributed by atoms with van der Waals surface area (Å²) in [5.74, 6) is -1.55. The second-order valence-electron chi connectivity index (χ2n) is 5.29. The van der Waals surface area contributed by atoms with Crippen LogP contribution in [0.5, 0.6) is 0 Å². The van der Waals surface area contributed by atoms with Gasteiger partial charge in [0.2, 0.25) is 5.91 Å². The molecule has 1 aliphatic rings.